The van der Waals surface area contributed by atoms with Crippen molar-refractivity contribution in [2.75, 3.05) is 17.2 Å². The van der Waals surface area contributed by atoms with Crippen molar-refractivity contribution in [2.24, 2.45) is 11.3 Å². The van der Waals surface area contributed by atoms with Crippen LogP contribution in [-0.4, -0.2) is 45.7 Å². The number of amides is 5. The van der Waals surface area contributed by atoms with Crippen molar-refractivity contribution in [1.82, 2.24) is 15.2 Å². The van der Waals surface area contributed by atoms with E-state index in [9.17, 15) is 19.2 Å². The summed E-state index contributed by atoms with van der Waals surface area (Å²) in [6.45, 7) is 7.38. The summed E-state index contributed by atoms with van der Waals surface area (Å²) in [7, 11) is 0. The monoisotopic (exact) mass is 483 g/mol. The molecular weight excluding hydrogens is 454 g/mol. The van der Waals surface area contributed by atoms with Gasteiger partial charge in [-0.15, -0.1) is 11.3 Å². The number of benzene rings is 1. The molecule has 3 N–H and O–H groups in total. The van der Waals surface area contributed by atoms with Gasteiger partial charge in [0.05, 0.1) is 5.69 Å². The molecule has 1 aromatic carbocycles. The molecule has 2 heterocycles. The van der Waals surface area contributed by atoms with Gasteiger partial charge in [-0.2, -0.15) is 0 Å². The van der Waals surface area contributed by atoms with E-state index in [0.29, 0.717) is 35.3 Å². The van der Waals surface area contributed by atoms with E-state index in [1.54, 1.807) is 17.5 Å². The minimum absolute atomic E-state index is 0.0729. The molecule has 2 aliphatic rings. The van der Waals surface area contributed by atoms with Crippen LogP contribution >= 0.6 is 11.3 Å². The number of urea groups is 1. The minimum atomic E-state index is -0.934. The largest absolute Gasteiger partial charge is 0.326 e. The maximum absolute atomic E-state index is 13.2. The zero-order chi connectivity index (χ0) is 24.7. The molecule has 180 valence electrons. The molecule has 2 unspecified atom stereocenters. The summed E-state index contributed by atoms with van der Waals surface area (Å²) in [6, 6.07) is 6.67. The molecule has 1 saturated heterocycles. The Morgan fingerprint density at radius 3 is 2.53 bits per heavy atom. The number of anilines is 2. The van der Waals surface area contributed by atoms with Gasteiger partial charge in [0.25, 0.3) is 5.91 Å². The number of carbonyl (C=O) groups is 4. The van der Waals surface area contributed by atoms with Gasteiger partial charge in [-0.25, -0.2) is 9.78 Å². The summed E-state index contributed by atoms with van der Waals surface area (Å²) in [5.74, 6) is -0.663. The predicted octanol–water partition coefficient (Wildman–Crippen LogP) is 3.84. The molecule has 1 aliphatic carbocycles. The number of imide groups is 1. The first-order valence-electron chi connectivity index (χ1n) is 11.2. The van der Waals surface area contributed by atoms with Crippen molar-refractivity contribution in [3.63, 3.8) is 0 Å². The van der Waals surface area contributed by atoms with Crippen LogP contribution in [0, 0.1) is 11.3 Å². The van der Waals surface area contributed by atoms with E-state index in [1.165, 1.54) is 18.3 Å². The molecule has 9 nitrogen and oxygen atoms in total. The normalized spacial score (nSPS) is 23.6. The number of carbonyl (C=O) groups excluding carboxylic acids is 4. The van der Waals surface area contributed by atoms with Crippen molar-refractivity contribution in [3.05, 3.63) is 29.6 Å². The molecule has 10 heteroatoms. The molecule has 1 spiro atoms. The van der Waals surface area contributed by atoms with E-state index in [1.807, 2.05) is 12.1 Å². The van der Waals surface area contributed by atoms with Crippen molar-refractivity contribution in [2.45, 2.75) is 52.5 Å². The molecule has 34 heavy (non-hydrogen) atoms. The Morgan fingerprint density at radius 2 is 1.88 bits per heavy atom. The van der Waals surface area contributed by atoms with Gasteiger partial charge in [-0.05, 0) is 42.7 Å². The third kappa shape index (κ3) is 4.96. The van der Waals surface area contributed by atoms with Crippen LogP contribution in [0.1, 0.15) is 47.0 Å². The molecule has 1 aliphatic heterocycles. The lowest BCUT2D eigenvalue weighted by atomic mass is 9.64. The van der Waals surface area contributed by atoms with Gasteiger partial charge in [-0.1, -0.05) is 32.9 Å². The molecule has 4 rings (SSSR count). The van der Waals surface area contributed by atoms with Crippen LogP contribution in [0.4, 0.5) is 15.6 Å². The molecule has 1 saturated carbocycles. The maximum atomic E-state index is 13.2. The van der Waals surface area contributed by atoms with E-state index in [0.717, 1.165) is 16.9 Å². The Kier molecular flexibility index (Phi) is 6.20. The van der Waals surface area contributed by atoms with Gasteiger partial charge in [0.15, 0.2) is 5.13 Å². The minimum Gasteiger partial charge on any atom is -0.326 e. The number of hydrogen-bond acceptors (Lipinski definition) is 6. The van der Waals surface area contributed by atoms with Crippen molar-refractivity contribution >= 4 is 45.9 Å². The van der Waals surface area contributed by atoms with Crippen molar-refractivity contribution in [1.29, 1.82) is 0 Å². The second-order valence-corrected chi connectivity index (χ2v) is 11.0. The summed E-state index contributed by atoms with van der Waals surface area (Å²) >= 11 is 1.25. The van der Waals surface area contributed by atoms with Crippen LogP contribution in [-0.2, 0) is 14.4 Å². The third-order valence-corrected chi connectivity index (χ3v) is 6.94. The lowest BCUT2D eigenvalue weighted by molar-refractivity contribution is -0.136. The second kappa shape index (κ2) is 8.83. The number of rotatable bonds is 5. The van der Waals surface area contributed by atoms with Gasteiger partial charge in [0.2, 0.25) is 11.8 Å². The lowest BCUT2D eigenvalue weighted by Crippen LogP contribution is -2.54. The van der Waals surface area contributed by atoms with E-state index in [4.69, 9.17) is 0 Å². The highest BCUT2D eigenvalue weighted by atomic mass is 32.1. The smallest absolute Gasteiger partial charge is 0.325 e. The molecule has 5 amide bonds. The highest BCUT2D eigenvalue weighted by Gasteiger charge is 2.56. The molecule has 2 fully saturated rings. The topological polar surface area (TPSA) is 121 Å². The van der Waals surface area contributed by atoms with Crippen molar-refractivity contribution in [3.8, 4) is 11.3 Å². The second-order valence-electron chi connectivity index (χ2n) is 10.1. The van der Waals surface area contributed by atoms with Crippen LogP contribution in [0.2, 0.25) is 0 Å². The number of hydrogen-bond donors (Lipinski definition) is 3. The highest BCUT2D eigenvalue weighted by Crippen LogP contribution is 2.46. The Hall–Kier alpha value is -3.27. The lowest BCUT2D eigenvalue weighted by Gasteiger charge is -2.43. The van der Waals surface area contributed by atoms with Gasteiger partial charge in [0, 0.05) is 23.6 Å². The quantitative estimate of drug-likeness (QED) is 0.558. The van der Waals surface area contributed by atoms with Crippen LogP contribution in [0.3, 0.4) is 0 Å². The SMILES string of the molecule is CC(=O)Nc1ccc(-c2csc(NC(=O)CN3C(=O)NC4(CC(C)CC(C)(C)C4)C3=O)n2)cc1. The summed E-state index contributed by atoms with van der Waals surface area (Å²) in [6.07, 6.45) is 2.13. The molecular formula is C24H29N5O4S. The maximum Gasteiger partial charge on any atom is 0.325 e. The van der Waals surface area contributed by atoms with E-state index < -0.39 is 17.5 Å². The summed E-state index contributed by atoms with van der Waals surface area (Å²) in [4.78, 5) is 55.1. The van der Waals surface area contributed by atoms with Gasteiger partial charge in [-0.3, -0.25) is 19.3 Å². The fourth-order valence-corrected chi connectivity index (χ4v) is 6.08. The van der Waals surface area contributed by atoms with Crippen molar-refractivity contribution < 1.29 is 19.2 Å². The number of thiazole rings is 1. The fraction of sp³-hybridized carbons (Fsp3) is 0.458. The summed E-state index contributed by atoms with van der Waals surface area (Å²) in [5.41, 5.74) is 1.17. The van der Waals surface area contributed by atoms with Gasteiger partial charge in [0.1, 0.15) is 12.1 Å². The highest BCUT2D eigenvalue weighted by molar-refractivity contribution is 7.14. The summed E-state index contributed by atoms with van der Waals surface area (Å²) < 4.78 is 0. The zero-order valence-corrected chi connectivity index (χ0v) is 20.5. The molecule has 0 bridgehead atoms. The predicted molar refractivity (Wildman–Crippen MR) is 130 cm³/mol. The number of nitrogens with zero attached hydrogens (tertiary/aromatic N) is 2. The molecule has 2 atom stereocenters. The number of nitrogens with one attached hydrogen (secondary N) is 3. The molecule has 1 aromatic heterocycles. The average molecular weight is 484 g/mol. The first-order valence-corrected chi connectivity index (χ1v) is 12.1. The zero-order valence-electron chi connectivity index (χ0n) is 19.7. The Balaban J connectivity index is 1.40. The first-order chi connectivity index (χ1) is 16.0. The van der Waals surface area contributed by atoms with Crippen LogP contribution in [0.5, 0.6) is 0 Å². The van der Waals surface area contributed by atoms with E-state index in [2.05, 4.69) is 41.7 Å². The third-order valence-electron chi connectivity index (χ3n) is 6.18. The Morgan fingerprint density at radius 1 is 1.18 bits per heavy atom. The van der Waals surface area contributed by atoms with Gasteiger partial charge < -0.3 is 16.0 Å². The first kappa shape index (κ1) is 23.9. The summed E-state index contributed by atoms with van der Waals surface area (Å²) in [5, 5.41) is 10.5. The standard InChI is InChI=1S/C24H29N5O4S/c1-14-9-23(3,4)13-24(10-14)20(32)29(22(33)28-24)11-19(31)27-21-26-18(12-34-21)16-5-7-17(8-6-16)25-15(2)30/h5-8,12,14H,9-11,13H2,1-4H3,(H,25,30)(H,28,33)(H,26,27,31). The Labute approximate surface area is 202 Å². The van der Waals surface area contributed by atoms with E-state index >= 15 is 0 Å². The average Bonchev–Trinajstić information content (AvgIpc) is 3.25. The number of aromatic nitrogens is 1. The molecule has 2 aromatic rings. The molecule has 0 radical (unpaired) electrons. The fourth-order valence-electron chi connectivity index (χ4n) is 5.34. The Bertz CT molecular complexity index is 1140. The van der Waals surface area contributed by atoms with Gasteiger partial charge >= 0.3 is 6.03 Å². The van der Waals surface area contributed by atoms with Crippen LogP contribution in [0.25, 0.3) is 11.3 Å². The van der Waals surface area contributed by atoms with Crippen LogP contribution < -0.4 is 16.0 Å². The van der Waals surface area contributed by atoms with Crippen LogP contribution in [0.15, 0.2) is 29.6 Å². The van der Waals surface area contributed by atoms with E-state index in [-0.39, 0.29) is 23.8 Å².